The molecule has 1 amide bonds. The Morgan fingerprint density at radius 1 is 1.09 bits per heavy atom. The van der Waals surface area contributed by atoms with Gasteiger partial charge < -0.3 is 5.32 Å². The molecule has 3 aromatic rings. The van der Waals surface area contributed by atoms with E-state index in [1.54, 1.807) is 6.92 Å². The summed E-state index contributed by atoms with van der Waals surface area (Å²) in [6, 6.07) is 8.24. The van der Waals surface area contributed by atoms with Crippen molar-refractivity contribution in [2.24, 2.45) is 0 Å². The van der Waals surface area contributed by atoms with Gasteiger partial charge in [0.05, 0.1) is 38.8 Å². The Labute approximate surface area is 179 Å². The Balaban J connectivity index is 1.94. The molecule has 1 heterocycles. The molecule has 166 valence electrons. The highest BCUT2D eigenvalue weighted by atomic mass is 19.4. The molecule has 0 aliphatic heterocycles. The molecule has 1 aromatic heterocycles. The molecule has 2 aromatic carbocycles. The summed E-state index contributed by atoms with van der Waals surface area (Å²) in [6.45, 7) is 4.52. The number of hydrogen-bond acceptors (Lipinski definition) is 5. The fourth-order valence-electron chi connectivity index (χ4n) is 3.19. The predicted molar refractivity (Wildman–Crippen MR) is 109 cm³/mol. The molecule has 0 radical (unpaired) electrons. The second-order valence-corrected chi connectivity index (χ2v) is 7.05. The summed E-state index contributed by atoms with van der Waals surface area (Å²) < 4.78 is 40.3. The highest BCUT2D eigenvalue weighted by Gasteiger charge is 2.31. The summed E-state index contributed by atoms with van der Waals surface area (Å²) in [7, 11) is 0. The molecular formula is C21H17F3N4O4. The van der Waals surface area contributed by atoms with Gasteiger partial charge in [-0.15, -0.1) is 0 Å². The van der Waals surface area contributed by atoms with Crippen LogP contribution in [0.15, 0.2) is 42.5 Å². The van der Waals surface area contributed by atoms with Crippen LogP contribution in [0.3, 0.4) is 0 Å². The number of ketones is 1. The number of Topliss-reactive ketones (excluding diaryl/α,β-unsaturated/α-hetero) is 1. The van der Waals surface area contributed by atoms with Crippen molar-refractivity contribution < 1.29 is 27.7 Å². The second-order valence-electron chi connectivity index (χ2n) is 7.05. The lowest BCUT2D eigenvalue weighted by molar-refractivity contribution is -0.384. The molecule has 0 unspecified atom stereocenters. The third-order valence-electron chi connectivity index (χ3n) is 4.82. The van der Waals surface area contributed by atoms with Crippen LogP contribution in [0.2, 0.25) is 0 Å². The number of alkyl halides is 3. The van der Waals surface area contributed by atoms with Crippen LogP contribution in [-0.4, -0.2) is 26.4 Å². The Kier molecular flexibility index (Phi) is 5.84. The van der Waals surface area contributed by atoms with Crippen molar-refractivity contribution in [3.8, 4) is 5.69 Å². The zero-order valence-electron chi connectivity index (χ0n) is 17.1. The number of benzene rings is 2. The number of aryl methyl sites for hydroxylation is 2. The van der Waals surface area contributed by atoms with Gasteiger partial charge in [-0.2, -0.15) is 18.3 Å². The van der Waals surface area contributed by atoms with Crippen LogP contribution in [0.25, 0.3) is 5.69 Å². The summed E-state index contributed by atoms with van der Waals surface area (Å²) in [5.41, 5.74) is -0.202. The average Bonchev–Trinajstić information content (AvgIpc) is 3.02. The molecule has 11 heteroatoms. The lowest BCUT2D eigenvalue weighted by Crippen LogP contribution is -2.24. The lowest BCUT2D eigenvalue weighted by atomic mass is 10.1. The fraction of sp³-hybridized carbons (Fsp3) is 0.190. The Morgan fingerprint density at radius 3 is 2.41 bits per heavy atom. The molecule has 0 saturated heterocycles. The highest BCUT2D eigenvalue weighted by Crippen LogP contribution is 2.31. The normalized spacial score (nSPS) is 11.3. The third kappa shape index (κ3) is 4.36. The summed E-state index contributed by atoms with van der Waals surface area (Å²) >= 11 is 0. The average molecular weight is 446 g/mol. The number of halogens is 3. The number of carbonyl (C=O) groups excluding carboxylic acids is 2. The maximum absolute atomic E-state index is 13.0. The number of nitro benzene ring substituents is 1. The molecule has 3 rings (SSSR count). The fourth-order valence-corrected chi connectivity index (χ4v) is 3.19. The number of nitrogens with zero attached hydrogens (tertiary/aromatic N) is 3. The molecule has 0 saturated carbocycles. The van der Waals surface area contributed by atoms with Crippen LogP contribution < -0.4 is 5.32 Å². The monoisotopic (exact) mass is 446 g/mol. The SMILES string of the molecule is Cc1ccc([N+](=O)[O-])cc1NC(=O)C(=O)c1c(C)nn(-c2cccc(C(F)(F)F)c2)c1C. The zero-order valence-corrected chi connectivity index (χ0v) is 17.1. The third-order valence-corrected chi connectivity index (χ3v) is 4.82. The van der Waals surface area contributed by atoms with Gasteiger partial charge in [-0.1, -0.05) is 12.1 Å². The maximum atomic E-state index is 13.0. The number of rotatable bonds is 5. The molecule has 0 spiro atoms. The molecule has 0 atom stereocenters. The molecule has 0 fully saturated rings. The van der Waals surface area contributed by atoms with E-state index in [2.05, 4.69) is 10.4 Å². The standard InChI is InChI=1S/C21H17F3N4O4/c1-11-7-8-16(28(31)32)10-17(11)25-20(30)19(29)18-12(2)26-27(13(18)3)15-6-4-5-14(9-15)21(22,23)24/h4-10H,1-3H3,(H,25,30). The van der Waals surface area contributed by atoms with Crippen LogP contribution in [0, 0.1) is 30.9 Å². The Hall–Kier alpha value is -4.02. The Bertz CT molecular complexity index is 1250. The maximum Gasteiger partial charge on any atom is 0.416 e. The van der Waals surface area contributed by atoms with Crippen LogP contribution in [0.1, 0.15) is 32.9 Å². The minimum absolute atomic E-state index is 0.0667. The number of amides is 1. The van der Waals surface area contributed by atoms with Crippen molar-refractivity contribution in [2.75, 3.05) is 5.32 Å². The lowest BCUT2D eigenvalue weighted by Gasteiger charge is -2.10. The van der Waals surface area contributed by atoms with Gasteiger partial charge in [0, 0.05) is 12.1 Å². The van der Waals surface area contributed by atoms with E-state index in [0.29, 0.717) is 5.56 Å². The molecule has 1 N–H and O–H groups in total. The van der Waals surface area contributed by atoms with Crippen molar-refractivity contribution >= 4 is 23.1 Å². The smallest absolute Gasteiger partial charge is 0.319 e. The van der Waals surface area contributed by atoms with Gasteiger partial charge in [0.1, 0.15) is 0 Å². The number of nitro groups is 1. The summed E-state index contributed by atoms with van der Waals surface area (Å²) in [5.74, 6) is -2.02. The minimum atomic E-state index is -4.55. The van der Waals surface area contributed by atoms with Gasteiger partial charge in [-0.3, -0.25) is 19.7 Å². The van der Waals surface area contributed by atoms with Gasteiger partial charge in [0.15, 0.2) is 0 Å². The first-order chi connectivity index (χ1) is 14.9. The molecular weight excluding hydrogens is 429 g/mol. The van der Waals surface area contributed by atoms with Crippen LogP contribution in [0.5, 0.6) is 0 Å². The van der Waals surface area contributed by atoms with Crippen molar-refractivity contribution in [1.29, 1.82) is 0 Å². The largest absolute Gasteiger partial charge is 0.416 e. The zero-order chi connectivity index (χ0) is 23.8. The van der Waals surface area contributed by atoms with Crippen LogP contribution in [0.4, 0.5) is 24.5 Å². The van der Waals surface area contributed by atoms with Gasteiger partial charge in [0.25, 0.3) is 17.4 Å². The van der Waals surface area contributed by atoms with E-state index in [4.69, 9.17) is 0 Å². The van der Waals surface area contributed by atoms with Crippen molar-refractivity contribution in [3.05, 3.63) is 80.7 Å². The first-order valence-electron chi connectivity index (χ1n) is 9.24. The number of nitrogens with one attached hydrogen (secondary N) is 1. The molecule has 8 nitrogen and oxygen atoms in total. The highest BCUT2D eigenvalue weighted by molar-refractivity contribution is 6.47. The first kappa shape index (κ1) is 22.7. The number of non-ortho nitro benzene ring substituents is 1. The van der Waals surface area contributed by atoms with Crippen LogP contribution in [-0.2, 0) is 11.0 Å². The Morgan fingerprint density at radius 2 is 1.78 bits per heavy atom. The van der Waals surface area contributed by atoms with E-state index in [1.807, 2.05) is 0 Å². The number of hydrogen-bond donors (Lipinski definition) is 1. The second kappa shape index (κ2) is 8.25. The molecule has 32 heavy (non-hydrogen) atoms. The predicted octanol–water partition coefficient (Wildman–Crippen LogP) is 4.55. The van der Waals surface area contributed by atoms with Crippen LogP contribution >= 0.6 is 0 Å². The van der Waals surface area contributed by atoms with Crippen molar-refractivity contribution in [3.63, 3.8) is 0 Å². The van der Waals surface area contributed by atoms with E-state index in [-0.39, 0.29) is 34.0 Å². The van der Waals surface area contributed by atoms with E-state index in [0.717, 1.165) is 22.9 Å². The summed E-state index contributed by atoms with van der Waals surface area (Å²) in [4.78, 5) is 35.7. The van der Waals surface area contributed by atoms with E-state index in [9.17, 15) is 32.9 Å². The molecule has 0 aliphatic rings. The van der Waals surface area contributed by atoms with Crippen molar-refractivity contribution in [2.45, 2.75) is 26.9 Å². The number of aromatic nitrogens is 2. The molecule has 0 bridgehead atoms. The van der Waals surface area contributed by atoms with Crippen molar-refractivity contribution in [1.82, 2.24) is 9.78 Å². The summed E-state index contributed by atoms with van der Waals surface area (Å²) in [6.07, 6.45) is -4.55. The molecule has 0 aliphatic carbocycles. The first-order valence-corrected chi connectivity index (χ1v) is 9.24. The number of anilines is 1. The van der Waals surface area contributed by atoms with Gasteiger partial charge >= 0.3 is 6.18 Å². The topological polar surface area (TPSA) is 107 Å². The quantitative estimate of drug-likeness (QED) is 0.268. The van der Waals surface area contributed by atoms with Gasteiger partial charge in [-0.05, 0) is 44.5 Å². The van der Waals surface area contributed by atoms with E-state index >= 15 is 0 Å². The summed E-state index contributed by atoms with van der Waals surface area (Å²) in [5, 5.41) is 17.4. The number of carbonyl (C=O) groups is 2. The van der Waals surface area contributed by atoms with E-state index in [1.165, 1.54) is 38.1 Å². The van der Waals surface area contributed by atoms with Gasteiger partial charge in [-0.25, -0.2) is 4.68 Å². The van der Waals surface area contributed by atoms with Gasteiger partial charge in [0.2, 0.25) is 0 Å². The van der Waals surface area contributed by atoms with E-state index < -0.39 is 28.4 Å². The minimum Gasteiger partial charge on any atom is -0.319 e.